The molecule has 0 saturated heterocycles. The SMILES string of the molecule is CCC(SC1=Nc2ccccc2C2=NC(=O)C(CCC(=O)NC3CCCCC3)N12)C(=O)NCCCOC. The largest absolute Gasteiger partial charge is 0.385 e. The number of hydrogen-bond donors (Lipinski definition) is 2. The Morgan fingerprint density at radius 3 is 2.73 bits per heavy atom. The zero-order chi connectivity index (χ0) is 26.2. The van der Waals surface area contributed by atoms with Crippen molar-refractivity contribution in [1.29, 1.82) is 0 Å². The lowest BCUT2D eigenvalue weighted by Crippen LogP contribution is -2.46. The van der Waals surface area contributed by atoms with Gasteiger partial charge in [0.15, 0.2) is 5.17 Å². The lowest BCUT2D eigenvalue weighted by atomic mass is 9.95. The first-order valence-electron chi connectivity index (χ1n) is 13.3. The number of amidine groups is 2. The van der Waals surface area contributed by atoms with Gasteiger partial charge in [-0.15, -0.1) is 0 Å². The van der Waals surface area contributed by atoms with E-state index in [4.69, 9.17) is 9.73 Å². The second kappa shape index (κ2) is 13.2. The van der Waals surface area contributed by atoms with Crippen LogP contribution in [0.5, 0.6) is 0 Å². The monoisotopic (exact) mass is 527 g/mol. The molecule has 1 aliphatic carbocycles. The van der Waals surface area contributed by atoms with Crippen molar-refractivity contribution in [3.8, 4) is 0 Å². The molecular formula is C27H37N5O4S. The van der Waals surface area contributed by atoms with E-state index >= 15 is 0 Å². The van der Waals surface area contributed by atoms with Crippen molar-refractivity contribution in [3.05, 3.63) is 29.8 Å². The fraction of sp³-hybridized carbons (Fsp3) is 0.593. The summed E-state index contributed by atoms with van der Waals surface area (Å²) in [5, 5.41) is 6.30. The summed E-state index contributed by atoms with van der Waals surface area (Å²) in [6.45, 7) is 3.08. The molecule has 0 radical (unpaired) electrons. The number of carbonyl (C=O) groups excluding carboxylic acids is 3. The summed E-state index contributed by atoms with van der Waals surface area (Å²) in [5.41, 5.74) is 1.50. The van der Waals surface area contributed by atoms with Crippen molar-refractivity contribution >= 4 is 46.2 Å². The first kappa shape index (κ1) is 27.3. The van der Waals surface area contributed by atoms with Crippen LogP contribution in [0.4, 0.5) is 5.69 Å². The number of rotatable bonds is 11. The van der Waals surface area contributed by atoms with Crippen LogP contribution in [0.2, 0.25) is 0 Å². The molecule has 3 amide bonds. The fourth-order valence-corrected chi connectivity index (χ4v) is 6.05. The van der Waals surface area contributed by atoms with E-state index in [0.29, 0.717) is 37.0 Å². The first-order valence-corrected chi connectivity index (χ1v) is 14.2. The highest BCUT2D eigenvalue weighted by molar-refractivity contribution is 8.15. The number of carbonyl (C=O) groups is 3. The van der Waals surface area contributed by atoms with E-state index in [0.717, 1.165) is 43.4 Å². The number of thioether (sulfide) groups is 1. The number of fused-ring (bicyclic) bond motifs is 3. The molecule has 2 heterocycles. The number of ether oxygens (including phenoxy) is 1. The second-order valence-electron chi connectivity index (χ2n) is 9.66. The molecule has 2 atom stereocenters. The van der Waals surface area contributed by atoms with Crippen LogP contribution in [0, 0.1) is 0 Å². The number of nitrogens with one attached hydrogen (secondary N) is 2. The summed E-state index contributed by atoms with van der Waals surface area (Å²) >= 11 is 1.35. The van der Waals surface area contributed by atoms with Crippen LogP contribution in [0.1, 0.15) is 70.3 Å². The Kier molecular flexibility index (Phi) is 9.74. The lowest BCUT2D eigenvalue weighted by Gasteiger charge is -2.32. The molecule has 1 aromatic carbocycles. The van der Waals surface area contributed by atoms with Crippen molar-refractivity contribution in [1.82, 2.24) is 15.5 Å². The van der Waals surface area contributed by atoms with Crippen LogP contribution in [0.25, 0.3) is 0 Å². The smallest absolute Gasteiger partial charge is 0.270 e. The molecule has 200 valence electrons. The Balaban J connectivity index is 1.48. The Labute approximate surface area is 222 Å². The van der Waals surface area contributed by atoms with E-state index in [-0.39, 0.29) is 35.4 Å². The molecular weight excluding hydrogens is 490 g/mol. The van der Waals surface area contributed by atoms with Gasteiger partial charge >= 0.3 is 0 Å². The summed E-state index contributed by atoms with van der Waals surface area (Å²) in [4.78, 5) is 49.7. The van der Waals surface area contributed by atoms with Crippen molar-refractivity contribution in [2.75, 3.05) is 20.3 Å². The number of nitrogens with zero attached hydrogens (tertiary/aromatic N) is 3. The van der Waals surface area contributed by atoms with Gasteiger partial charge in [0.2, 0.25) is 11.8 Å². The predicted molar refractivity (Wildman–Crippen MR) is 146 cm³/mol. The minimum absolute atomic E-state index is 0.0291. The lowest BCUT2D eigenvalue weighted by molar-refractivity contribution is -0.123. The number of aliphatic imine (C=N–C) groups is 2. The first-order chi connectivity index (χ1) is 18.0. The van der Waals surface area contributed by atoms with Crippen LogP contribution in [0.15, 0.2) is 34.3 Å². The van der Waals surface area contributed by atoms with E-state index in [1.165, 1.54) is 18.2 Å². The van der Waals surface area contributed by atoms with E-state index in [9.17, 15) is 14.4 Å². The minimum atomic E-state index is -0.617. The van der Waals surface area contributed by atoms with Gasteiger partial charge in [0.25, 0.3) is 5.91 Å². The minimum Gasteiger partial charge on any atom is -0.385 e. The molecule has 0 bridgehead atoms. The maximum Gasteiger partial charge on any atom is 0.270 e. The highest BCUT2D eigenvalue weighted by Crippen LogP contribution is 2.36. The zero-order valence-corrected chi connectivity index (χ0v) is 22.5. The third kappa shape index (κ3) is 6.78. The quantitative estimate of drug-likeness (QED) is 0.426. The van der Waals surface area contributed by atoms with Gasteiger partial charge in [-0.2, -0.15) is 4.99 Å². The molecule has 10 heteroatoms. The van der Waals surface area contributed by atoms with Gasteiger partial charge in [-0.05, 0) is 44.2 Å². The van der Waals surface area contributed by atoms with Crippen LogP contribution in [0.3, 0.4) is 0 Å². The molecule has 0 spiro atoms. The van der Waals surface area contributed by atoms with E-state index in [1.54, 1.807) is 7.11 Å². The predicted octanol–water partition coefficient (Wildman–Crippen LogP) is 3.54. The Morgan fingerprint density at radius 2 is 1.97 bits per heavy atom. The third-order valence-electron chi connectivity index (χ3n) is 6.96. The van der Waals surface area contributed by atoms with Crippen molar-refractivity contribution in [2.24, 2.45) is 9.98 Å². The van der Waals surface area contributed by atoms with Crippen LogP contribution in [-0.4, -0.2) is 71.2 Å². The summed E-state index contributed by atoms with van der Waals surface area (Å²) in [5.74, 6) is 0.171. The average Bonchev–Trinajstić information content (AvgIpc) is 3.25. The fourth-order valence-electron chi connectivity index (χ4n) is 4.96. The molecule has 4 rings (SSSR count). The molecule has 2 unspecified atom stereocenters. The molecule has 3 aliphatic rings. The summed E-state index contributed by atoms with van der Waals surface area (Å²) in [6, 6.07) is 7.19. The summed E-state index contributed by atoms with van der Waals surface area (Å²) in [7, 11) is 1.64. The van der Waals surface area contributed by atoms with Gasteiger partial charge < -0.3 is 15.4 Å². The topological polar surface area (TPSA) is 112 Å². The van der Waals surface area contributed by atoms with Crippen LogP contribution < -0.4 is 10.6 Å². The number of para-hydroxylation sites is 1. The molecule has 1 aromatic rings. The standard InChI is InChI=1S/C27H37N5O4S/c1-3-22(26(35)28-16-9-17-36-2)37-27-30-20-13-8-7-12-19(20)24-31-25(34)21(32(24)27)14-15-23(33)29-18-10-5-4-6-11-18/h7-8,12-13,18,21-22H,3-6,9-11,14-17H2,1-2H3,(H,28,35)(H,29,33). The molecule has 2 aliphatic heterocycles. The molecule has 2 N–H and O–H groups in total. The third-order valence-corrected chi connectivity index (χ3v) is 8.29. The van der Waals surface area contributed by atoms with E-state index in [1.807, 2.05) is 36.1 Å². The van der Waals surface area contributed by atoms with Gasteiger partial charge in [0.05, 0.1) is 10.9 Å². The van der Waals surface area contributed by atoms with Gasteiger partial charge in [0.1, 0.15) is 11.9 Å². The molecule has 9 nitrogen and oxygen atoms in total. The van der Waals surface area contributed by atoms with Gasteiger partial charge in [0, 0.05) is 38.3 Å². The second-order valence-corrected chi connectivity index (χ2v) is 10.8. The number of methoxy groups -OCH3 is 1. The zero-order valence-electron chi connectivity index (χ0n) is 21.7. The molecule has 0 aromatic heterocycles. The summed E-state index contributed by atoms with van der Waals surface area (Å²) < 4.78 is 5.06. The maximum atomic E-state index is 13.1. The van der Waals surface area contributed by atoms with Gasteiger partial charge in [-0.1, -0.05) is 50.1 Å². The molecule has 1 fully saturated rings. The van der Waals surface area contributed by atoms with E-state index in [2.05, 4.69) is 15.6 Å². The molecule has 1 saturated carbocycles. The number of benzene rings is 1. The maximum absolute atomic E-state index is 13.1. The highest BCUT2D eigenvalue weighted by atomic mass is 32.2. The number of hydrogen-bond acceptors (Lipinski definition) is 7. The normalized spacial score (nSPS) is 20.0. The van der Waals surface area contributed by atoms with Crippen molar-refractivity contribution in [2.45, 2.75) is 82.0 Å². The van der Waals surface area contributed by atoms with Crippen LogP contribution >= 0.6 is 11.8 Å². The average molecular weight is 528 g/mol. The number of amides is 3. The van der Waals surface area contributed by atoms with Crippen molar-refractivity contribution in [3.63, 3.8) is 0 Å². The molecule has 37 heavy (non-hydrogen) atoms. The van der Waals surface area contributed by atoms with Crippen molar-refractivity contribution < 1.29 is 19.1 Å². The van der Waals surface area contributed by atoms with E-state index < -0.39 is 6.04 Å². The summed E-state index contributed by atoms with van der Waals surface area (Å²) in [6.07, 6.45) is 7.47. The highest BCUT2D eigenvalue weighted by Gasteiger charge is 2.42. The Hall–Kier alpha value is -2.72. The van der Waals surface area contributed by atoms with Gasteiger partial charge in [-0.25, -0.2) is 4.99 Å². The Bertz CT molecular complexity index is 1050. The Morgan fingerprint density at radius 1 is 1.19 bits per heavy atom. The van der Waals surface area contributed by atoms with Crippen LogP contribution in [-0.2, 0) is 19.1 Å². The van der Waals surface area contributed by atoms with Gasteiger partial charge in [-0.3, -0.25) is 19.3 Å².